The second-order valence-corrected chi connectivity index (χ2v) is 12.7. The van der Waals surface area contributed by atoms with Gasteiger partial charge in [-0.25, -0.2) is 14.4 Å². The maximum Gasteiger partial charge on any atom is 0.410 e. The van der Waals surface area contributed by atoms with Crippen LogP contribution in [0, 0.1) is 10.8 Å². The Morgan fingerprint density at radius 1 is 1.15 bits per heavy atom. The highest BCUT2D eigenvalue weighted by molar-refractivity contribution is 5.91. The highest BCUT2D eigenvalue weighted by Crippen LogP contribution is 2.31. The van der Waals surface area contributed by atoms with Crippen LogP contribution in [-0.2, 0) is 36.9 Å². The predicted molar refractivity (Wildman–Crippen MR) is 148 cm³/mol. The number of nitrogens with zero attached hydrogens (tertiary/aromatic N) is 2. The van der Waals surface area contributed by atoms with Gasteiger partial charge in [0.15, 0.2) is 0 Å². The summed E-state index contributed by atoms with van der Waals surface area (Å²) >= 11 is 0. The fourth-order valence-electron chi connectivity index (χ4n) is 5.43. The quantitative estimate of drug-likeness (QED) is 0.407. The zero-order chi connectivity index (χ0) is 29.2. The molecule has 1 aromatic carbocycles. The standard InChI is InChI=1S/C30H41N3O7/c1-29(2,3)24-25(34)33-16-21(14-23(33)26(35)38-6)40-28(37)32-15-20-12-9-11-19(22(20)17-32)10-7-8-13-30(4,5)18-39-27(36)31-24/h7,9-12,21,23-24H,8,13-18H2,1-6H3,(H,31,36)/t21-,23+,24-/m1/s1. The number of alkyl carbamates (subject to hydrolysis) is 1. The molecule has 3 atom stereocenters. The van der Waals surface area contributed by atoms with E-state index in [-0.39, 0.29) is 25.0 Å². The number of methoxy groups -OCH3 is 1. The molecule has 0 saturated carbocycles. The number of carbonyl (C=O) groups excluding carboxylic acids is 4. The van der Waals surface area contributed by atoms with Gasteiger partial charge in [-0.15, -0.1) is 0 Å². The molecule has 10 heteroatoms. The van der Waals surface area contributed by atoms with Crippen LogP contribution in [0.15, 0.2) is 24.3 Å². The molecule has 218 valence electrons. The Morgan fingerprint density at radius 2 is 1.90 bits per heavy atom. The van der Waals surface area contributed by atoms with Gasteiger partial charge in [-0.2, -0.15) is 0 Å². The summed E-state index contributed by atoms with van der Waals surface area (Å²) in [6.45, 7) is 10.6. The van der Waals surface area contributed by atoms with Crippen molar-refractivity contribution in [1.82, 2.24) is 15.1 Å². The van der Waals surface area contributed by atoms with Crippen molar-refractivity contribution in [1.29, 1.82) is 0 Å². The zero-order valence-corrected chi connectivity index (χ0v) is 24.3. The van der Waals surface area contributed by atoms with Gasteiger partial charge in [0.1, 0.15) is 18.2 Å². The molecule has 0 unspecified atom stereocenters. The largest absolute Gasteiger partial charge is 0.467 e. The number of fused-ring (bicyclic) bond motifs is 3. The zero-order valence-electron chi connectivity index (χ0n) is 24.3. The van der Waals surface area contributed by atoms with Crippen LogP contribution in [0.2, 0.25) is 0 Å². The van der Waals surface area contributed by atoms with Gasteiger partial charge in [0.2, 0.25) is 5.91 Å². The van der Waals surface area contributed by atoms with Crippen LogP contribution in [-0.4, -0.2) is 72.3 Å². The molecule has 10 nitrogen and oxygen atoms in total. The summed E-state index contributed by atoms with van der Waals surface area (Å²) in [5.74, 6) is -1.07. The van der Waals surface area contributed by atoms with Crippen molar-refractivity contribution in [3.63, 3.8) is 0 Å². The number of amides is 3. The molecule has 3 aliphatic heterocycles. The first-order chi connectivity index (χ1) is 18.8. The topological polar surface area (TPSA) is 114 Å². The van der Waals surface area contributed by atoms with E-state index >= 15 is 0 Å². The van der Waals surface area contributed by atoms with E-state index in [0.717, 1.165) is 29.5 Å². The number of rotatable bonds is 1. The fraction of sp³-hybridized carbons (Fsp3) is 0.600. The summed E-state index contributed by atoms with van der Waals surface area (Å²) in [6.07, 6.45) is 3.93. The molecule has 0 aliphatic carbocycles. The van der Waals surface area contributed by atoms with E-state index in [4.69, 9.17) is 14.2 Å². The molecule has 4 rings (SSSR count). The third-order valence-corrected chi connectivity index (χ3v) is 7.82. The van der Waals surface area contributed by atoms with Crippen molar-refractivity contribution in [2.24, 2.45) is 10.8 Å². The van der Waals surface area contributed by atoms with Crippen LogP contribution in [0.5, 0.6) is 0 Å². The molecule has 4 bridgehead atoms. The molecule has 3 aliphatic rings. The SMILES string of the molecule is COC(=O)[C@@H]1C[C@@H]2CN1C(=O)[C@H](C(C)(C)C)NC(=O)OCC(C)(C)CCC=Cc1cccc3c1CN(C3)C(=O)O2. The van der Waals surface area contributed by atoms with E-state index in [1.165, 1.54) is 12.0 Å². The molecule has 1 fully saturated rings. The minimum absolute atomic E-state index is 0.00938. The molecule has 3 heterocycles. The molecule has 1 saturated heterocycles. The lowest BCUT2D eigenvalue weighted by Gasteiger charge is -2.35. The van der Waals surface area contributed by atoms with Crippen molar-refractivity contribution in [3.8, 4) is 0 Å². The number of allylic oxidation sites excluding steroid dienone is 1. The molecular weight excluding hydrogens is 514 g/mol. The number of benzene rings is 1. The second-order valence-electron chi connectivity index (χ2n) is 12.7. The van der Waals surface area contributed by atoms with Crippen molar-refractivity contribution in [2.75, 3.05) is 20.3 Å². The number of nitrogens with one attached hydrogen (secondary N) is 1. The molecule has 0 aromatic heterocycles. The highest BCUT2D eigenvalue weighted by Gasteiger charge is 2.47. The summed E-state index contributed by atoms with van der Waals surface area (Å²) < 4.78 is 16.4. The minimum atomic E-state index is -0.982. The maximum absolute atomic E-state index is 13.8. The summed E-state index contributed by atoms with van der Waals surface area (Å²) in [4.78, 5) is 55.6. The molecule has 0 spiro atoms. The van der Waals surface area contributed by atoms with Gasteiger partial charge in [0, 0.05) is 13.0 Å². The van der Waals surface area contributed by atoms with Gasteiger partial charge in [0.25, 0.3) is 0 Å². The summed E-state index contributed by atoms with van der Waals surface area (Å²) in [7, 11) is 1.25. The van der Waals surface area contributed by atoms with E-state index in [2.05, 4.69) is 17.5 Å². The Balaban J connectivity index is 1.64. The molecule has 1 aromatic rings. The van der Waals surface area contributed by atoms with Crippen LogP contribution in [0.3, 0.4) is 0 Å². The van der Waals surface area contributed by atoms with Crippen LogP contribution < -0.4 is 5.32 Å². The Kier molecular flexibility index (Phi) is 8.46. The second kappa shape index (κ2) is 11.5. The minimum Gasteiger partial charge on any atom is -0.467 e. The van der Waals surface area contributed by atoms with Gasteiger partial charge in [-0.05, 0) is 40.4 Å². The normalized spacial score (nSPS) is 25.6. The Morgan fingerprint density at radius 3 is 2.60 bits per heavy atom. The molecule has 0 radical (unpaired) electrons. The van der Waals surface area contributed by atoms with Crippen molar-refractivity contribution in [2.45, 2.75) is 85.2 Å². The first kappa shape index (κ1) is 29.4. The highest BCUT2D eigenvalue weighted by atomic mass is 16.6. The van der Waals surface area contributed by atoms with Crippen molar-refractivity contribution >= 4 is 30.1 Å². The number of carbonyl (C=O) groups is 4. The third-order valence-electron chi connectivity index (χ3n) is 7.82. The molecule has 1 N–H and O–H groups in total. The van der Waals surface area contributed by atoms with Crippen LogP contribution in [0.4, 0.5) is 9.59 Å². The smallest absolute Gasteiger partial charge is 0.410 e. The number of hydrogen-bond acceptors (Lipinski definition) is 7. The number of hydrogen-bond donors (Lipinski definition) is 1. The predicted octanol–water partition coefficient (Wildman–Crippen LogP) is 4.26. The lowest BCUT2D eigenvalue weighted by atomic mass is 9.85. The summed E-state index contributed by atoms with van der Waals surface area (Å²) in [6, 6.07) is 4.09. The van der Waals surface area contributed by atoms with Crippen LogP contribution in [0.1, 0.15) is 70.6 Å². The van der Waals surface area contributed by atoms with Gasteiger partial charge in [0.05, 0.1) is 26.8 Å². The maximum atomic E-state index is 13.8. The van der Waals surface area contributed by atoms with Gasteiger partial charge in [-0.3, -0.25) is 9.69 Å². The summed E-state index contributed by atoms with van der Waals surface area (Å²) in [5.41, 5.74) is 2.20. The molecular formula is C30H41N3O7. The van der Waals surface area contributed by atoms with E-state index in [9.17, 15) is 19.2 Å². The Hall–Kier alpha value is -3.56. The lowest BCUT2D eigenvalue weighted by Crippen LogP contribution is -2.57. The van der Waals surface area contributed by atoms with Crippen LogP contribution in [0.25, 0.3) is 6.08 Å². The van der Waals surface area contributed by atoms with Gasteiger partial charge in [-0.1, -0.05) is 65.0 Å². The van der Waals surface area contributed by atoms with E-state index in [1.807, 2.05) is 52.8 Å². The fourth-order valence-corrected chi connectivity index (χ4v) is 5.43. The average Bonchev–Trinajstić information content (AvgIpc) is 3.52. The lowest BCUT2D eigenvalue weighted by molar-refractivity contribution is -0.152. The van der Waals surface area contributed by atoms with Crippen molar-refractivity contribution < 1.29 is 33.4 Å². The Labute approximate surface area is 236 Å². The monoisotopic (exact) mass is 555 g/mol. The van der Waals surface area contributed by atoms with Gasteiger partial charge >= 0.3 is 18.2 Å². The Bertz CT molecular complexity index is 1190. The third kappa shape index (κ3) is 6.59. The molecule has 3 amide bonds. The number of cyclic esters (lactones) is 1. The number of ether oxygens (including phenoxy) is 3. The van der Waals surface area contributed by atoms with E-state index in [0.29, 0.717) is 13.1 Å². The first-order valence-electron chi connectivity index (χ1n) is 13.8. The van der Waals surface area contributed by atoms with Crippen LogP contribution >= 0.6 is 0 Å². The van der Waals surface area contributed by atoms with E-state index in [1.54, 1.807) is 4.90 Å². The van der Waals surface area contributed by atoms with Gasteiger partial charge < -0.3 is 24.4 Å². The van der Waals surface area contributed by atoms with E-state index < -0.39 is 47.7 Å². The average molecular weight is 556 g/mol. The number of esters is 1. The molecule has 40 heavy (non-hydrogen) atoms. The van der Waals surface area contributed by atoms with Crippen molar-refractivity contribution in [3.05, 3.63) is 41.0 Å². The summed E-state index contributed by atoms with van der Waals surface area (Å²) in [5, 5.41) is 2.73. The first-order valence-corrected chi connectivity index (χ1v) is 13.8.